The average molecular weight is 268 g/mol. The average Bonchev–Trinajstić information content (AvgIpc) is 2.45. The number of para-hydroxylation sites is 2. The highest BCUT2D eigenvalue weighted by Crippen LogP contribution is 2.29. The summed E-state index contributed by atoms with van der Waals surface area (Å²) in [6, 6.07) is 17.6. The lowest BCUT2D eigenvalue weighted by atomic mass is 10.1. The fourth-order valence-corrected chi connectivity index (χ4v) is 2.37. The van der Waals surface area contributed by atoms with Crippen molar-refractivity contribution in [3.63, 3.8) is 0 Å². The molecular formula is C18H24N2. The molecule has 0 spiro atoms. The van der Waals surface area contributed by atoms with Gasteiger partial charge in [0.15, 0.2) is 0 Å². The van der Waals surface area contributed by atoms with Gasteiger partial charge in [-0.05, 0) is 30.2 Å². The van der Waals surface area contributed by atoms with Gasteiger partial charge >= 0.3 is 0 Å². The molecule has 0 aliphatic heterocycles. The van der Waals surface area contributed by atoms with Crippen molar-refractivity contribution in [1.82, 2.24) is 5.32 Å². The molecule has 2 aromatic carbocycles. The molecule has 0 radical (unpaired) electrons. The van der Waals surface area contributed by atoms with Crippen LogP contribution >= 0.6 is 0 Å². The Morgan fingerprint density at radius 1 is 0.950 bits per heavy atom. The highest BCUT2D eigenvalue weighted by Gasteiger charge is 2.10. The number of aryl methyl sites for hydroxylation is 1. The van der Waals surface area contributed by atoms with E-state index in [4.69, 9.17) is 0 Å². The van der Waals surface area contributed by atoms with Gasteiger partial charge in [0.25, 0.3) is 0 Å². The van der Waals surface area contributed by atoms with Crippen LogP contribution in [0.1, 0.15) is 25.0 Å². The highest BCUT2D eigenvalue weighted by molar-refractivity contribution is 5.68. The first-order chi connectivity index (χ1) is 9.59. The summed E-state index contributed by atoms with van der Waals surface area (Å²) >= 11 is 0. The zero-order valence-electron chi connectivity index (χ0n) is 12.9. The molecule has 0 aliphatic rings. The summed E-state index contributed by atoms with van der Waals surface area (Å²) in [7, 11) is 2.14. The lowest BCUT2D eigenvalue weighted by Gasteiger charge is -2.24. The van der Waals surface area contributed by atoms with E-state index in [0.29, 0.717) is 6.04 Å². The van der Waals surface area contributed by atoms with Crippen LogP contribution < -0.4 is 10.2 Å². The van der Waals surface area contributed by atoms with Gasteiger partial charge in [-0.3, -0.25) is 0 Å². The van der Waals surface area contributed by atoms with E-state index in [-0.39, 0.29) is 0 Å². The first kappa shape index (κ1) is 14.6. The minimum absolute atomic E-state index is 0.492. The van der Waals surface area contributed by atoms with E-state index in [1.54, 1.807) is 0 Å². The lowest BCUT2D eigenvalue weighted by molar-refractivity contribution is 0.589. The van der Waals surface area contributed by atoms with Crippen LogP contribution in [0.4, 0.5) is 11.4 Å². The fraction of sp³-hybridized carbons (Fsp3) is 0.333. The number of benzene rings is 2. The lowest BCUT2D eigenvalue weighted by Crippen LogP contribution is -2.23. The van der Waals surface area contributed by atoms with Crippen molar-refractivity contribution in [3.8, 4) is 0 Å². The number of nitrogens with one attached hydrogen (secondary N) is 1. The van der Waals surface area contributed by atoms with E-state index in [2.05, 4.69) is 86.6 Å². The molecule has 0 heterocycles. The topological polar surface area (TPSA) is 15.3 Å². The van der Waals surface area contributed by atoms with Gasteiger partial charge in [0.1, 0.15) is 0 Å². The van der Waals surface area contributed by atoms with Crippen molar-refractivity contribution < 1.29 is 0 Å². The summed E-state index contributed by atoms with van der Waals surface area (Å²) in [5.74, 6) is 0. The largest absolute Gasteiger partial charge is 0.344 e. The summed E-state index contributed by atoms with van der Waals surface area (Å²) in [5.41, 5.74) is 5.13. The van der Waals surface area contributed by atoms with Gasteiger partial charge in [-0.25, -0.2) is 0 Å². The van der Waals surface area contributed by atoms with E-state index in [0.717, 1.165) is 6.54 Å². The van der Waals surface area contributed by atoms with Crippen LogP contribution in [-0.4, -0.2) is 13.1 Å². The molecule has 0 fully saturated rings. The molecule has 0 atom stereocenters. The molecule has 2 heteroatoms. The van der Waals surface area contributed by atoms with Gasteiger partial charge in [0.2, 0.25) is 0 Å². The van der Waals surface area contributed by atoms with Gasteiger partial charge in [-0.1, -0.05) is 50.2 Å². The number of nitrogens with zero attached hydrogens (tertiary/aromatic N) is 1. The maximum absolute atomic E-state index is 3.50. The molecule has 20 heavy (non-hydrogen) atoms. The number of rotatable bonds is 5. The first-order valence-corrected chi connectivity index (χ1v) is 7.20. The molecular weight excluding hydrogens is 244 g/mol. The Kier molecular flexibility index (Phi) is 4.80. The number of hydrogen-bond donors (Lipinski definition) is 1. The number of hydrogen-bond acceptors (Lipinski definition) is 2. The molecule has 0 aromatic heterocycles. The molecule has 2 rings (SSSR count). The van der Waals surface area contributed by atoms with Crippen LogP contribution in [0.3, 0.4) is 0 Å². The molecule has 0 bridgehead atoms. The van der Waals surface area contributed by atoms with Gasteiger partial charge in [0.05, 0.1) is 0 Å². The Morgan fingerprint density at radius 2 is 1.55 bits per heavy atom. The van der Waals surface area contributed by atoms with Crippen LogP contribution in [0.2, 0.25) is 0 Å². The van der Waals surface area contributed by atoms with Crippen molar-refractivity contribution in [1.29, 1.82) is 0 Å². The van der Waals surface area contributed by atoms with Gasteiger partial charge < -0.3 is 10.2 Å². The minimum Gasteiger partial charge on any atom is -0.344 e. The van der Waals surface area contributed by atoms with Crippen LogP contribution in [0.15, 0.2) is 48.5 Å². The molecule has 0 aliphatic carbocycles. The maximum atomic E-state index is 3.50. The Morgan fingerprint density at radius 3 is 2.20 bits per heavy atom. The standard InChI is InChI=1S/C18H24N2/c1-14(2)19-13-16-10-6-8-12-18(16)20(4)17-11-7-5-9-15(17)3/h5-12,14,19H,13H2,1-4H3. The van der Waals surface area contributed by atoms with E-state index >= 15 is 0 Å². The van der Waals surface area contributed by atoms with E-state index in [1.807, 2.05) is 0 Å². The molecule has 0 unspecified atom stereocenters. The summed E-state index contributed by atoms with van der Waals surface area (Å²) in [5, 5.41) is 3.50. The van der Waals surface area contributed by atoms with Gasteiger partial charge in [-0.15, -0.1) is 0 Å². The monoisotopic (exact) mass is 268 g/mol. The fourth-order valence-electron chi connectivity index (χ4n) is 2.37. The summed E-state index contributed by atoms with van der Waals surface area (Å²) in [4.78, 5) is 2.27. The van der Waals surface area contributed by atoms with Crippen molar-refractivity contribution in [2.24, 2.45) is 0 Å². The zero-order chi connectivity index (χ0) is 14.5. The van der Waals surface area contributed by atoms with Crippen LogP contribution in [0.5, 0.6) is 0 Å². The summed E-state index contributed by atoms with van der Waals surface area (Å²) in [6.45, 7) is 7.40. The van der Waals surface area contributed by atoms with Crippen LogP contribution in [-0.2, 0) is 6.54 Å². The van der Waals surface area contributed by atoms with Crippen LogP contribution in [0.25, 0.3) is 0 Å². The number of anilines is 2. The minimum atomic E-state index is 0.492. The second-order valence-electron chi connectivity index (χ2n) is 5.51. The van der Waals surface area contributed by atoms with E-state index in [9.17, 15) is 0 Å². The Labute approximate surface area is 122 Å². The van der Waals surface area contributed by atoms with Crippen molar-refractivity contribution in [3.05, 3.63) is 59.7 Å². The van der Waals surface area contributed by atoms with Gasteiger partial charge in [-0.2, -0.15) is 0 Å². The van der Waals surface area contributed by atoms with Crippen molar-refractivity contribution in [2.45, 2.75) is 33.4 Å². The Bertz CT molecular complexity index is 561. The summed E-state index contributed by atoms with van der Waals surface area (Å²) < 4.78 is 0. The molecule has 0 saturated heterocycles. The van der Waals surface area contributed by atoms with E-state index < -0.39 is 0 Å². The third-order valence-electron chi connectivity index (χ3n) is 3.53. The third kappa shape index (κ3) is 3.40. The molecule has 0 saturated carbocycles. The Hall–Kier alpha value is -1.80. The molecule has 106 valence electrons. The molecule has 0 amide bonds. The quantitative estimate of drug-likeness (QED) is 0.871. The maximum Gasteiger partial charge on any atom is 0.0453 e. The van der Waals surface area contributed by atoms with Crippen molar-refractivity contribution in [2.75, 3.05) is 11.9 Å². The molecule has 1 N–H and O–H groups in total. The predicted molar refractivity (Wildman–Crippen MR) is 87.7 cm³/mol. The smallest absolute Gasteiger partial charge is 0.0453 e. The SMILES string of the molecule is Cc1ccccc1N(C)c1ccccc1CNC(C)C. The highest BCUT2D eigenvalue weighted by atomic mass is 15.1. The molecule has 2 aromatic rings. The third-order valence-corrected chi connectivity index (χ3v) is 3.53. The molecule has 2 nitrogen and oxygen atoms in total. The van der Waals surface area contributed by atoms with Gasteiger partial charge in [0, 0.05) is 31.0 Å². The normalized spacial score (nSPS) is 10.8. The summed E-state index contributed by atoms with van der Waals surface area (Å²) in [6.07, 6.45) is 0. The predicted octanol–water partition coefficient (Wildman–Crippen LogP) is 4.26. The van der Waals surface area contributed by atoms with Crippen molar-refractivity contribution >= 4 is 11.4 Å². The second kappa shape index (κ2) is 6.58. The van der Waals surface area contributed by atoms with Crippen LogP contribution in [0, 0.1) is 6.92 Å². The first-order valence-electron chi connectivity index (χ1n) is 7.20. The Balaban J connectivity index is 2.30. The zero-order valence-corrected chi connectivity index (χ0v) is 12.9. The second-order valence-corrected chi connectivity index (χ2v) is 5.51. The van der Waals surface area contributed by atoms with E-state index in [1.165, 1.54) is 22.5 Å².